The first kappa shape index (κ1) is 22.5. The second-order valence-electron chi connectivity index (χ2n) is 6.70. The van der Waals surface area contributed by atoms with Gasteiger partial charge < -0.3 is 14.0 Å². The van der Waals surface area contributed by atoms with Crippen LogP contribution in [0.5, 0.6) is 5.75 Å². The Hall–Kier alpha value is -2.20. The standard InChI is InChI=1S/C20H24N4O4S.ClH/c1-2-27-15-4-5-16-18(14-15)29-20(22-16)24(19(25)17-6-7-21-28-17)9-3-8-23-10-12-26-13-11-23;/h4-7,14H,2-3,8-13H2,1H3;1H. The molecule has 0 atom stereocenters. The molecule has 3 heterocycles. The summed E-state index contributed by atoms with van der Waals surface area (Å²) in [5.41, 5.74) is 0.844. The van der Waals surface area contributed by atoms with Crippen molar-refractivity contribution in [3.8, 4) is 5.75 Å². The maximum atomic E-state index is 13.0. The van der Waals surface area contributed by atoms with Gasteiger partial charge in [0.05, 0.1) is 36.2 Å². The zero-order valence-electron chi connectivity index (χ0n) is 16.8. The van der Waals surface area contributed by atoms with Gasteiger partial charge in [0.15, 0.2) is 5.13 Å². The molecule has 0 bridgehead atoms. The lowest BCUT2D eigenvalue weighted by atomic mass is 10.3. The van der Waals surface area contributed by atoms with E-state index in [0.29, 0.717) is 18.3 Å². The lowest BCUT2D eigenvalue weighted by molar-refractivity contribution is 0.0376. The van der Waals surface area contributed by atoms with Crippen molar-refractivity contribution in [3.05, 3.63) is 36.2 Å². The molecule has 0 saturated carbocycles. The van der Waals surface area contributed by atoms with E-state index in [9.17, 15) is 4.79 Å². The Labute approximate surface area is 185 Å². The van der Waals surface area contributed by atoms with Gasteiger partial charge in [-0.25, -0.2) is 4.98 Å². The molecule has 10 heteroatoms. The summed E-state index contributed by atoms with van der Waals surface area (Å²) in [6.07, 6.45) is 2.31. The SMILES string of the molecule is CCOc1ccc2nc(N(CCCN3CCOCC3)C(=O)c3ccno3)sc2c1.Cl. The maximum Gasteiger partial charge on any atom is 0.298 e. The number of amides is 1. The van der Waals surface area contributed by atoms with E-state index < -0.39 is 0 Å². The third kappa shape index (κ3) is 5.28. The Kier molecular flexibility index (Phi) is 8.03. The lowest BCUT2D eigenvalue weighted by Gasteiger charge is -2.27. The molecule has 1 fully saturated rings. The van der Waals surface area contributed by atoms with Gasteiger partial charge in [0.2, 0.25) is 5.76 Å². The first-order valence-corrected chi connectivity index (χ1v) is 10.6. The fourth-order valence-electron chi connectivity index (χ4n) is 3.29. The number of hydrogen-bond acceptors (Lipinski definition) is 8. The summed E-state index contributed by atoms with van der Waals surface area (Å²) in [5, 5.41) is 4.32. The Balaban J connectivity index is 0.00000256. The number of thiazole rings is 1. The van der Waals surface area contributed by atoms with Gasteiger partial charge in [-0.05, 0) is 31.5 Å². The summed E-state index contributed by atoms with van der Waals surface area (Å²) in [7, 11) is 0. The van der Waals surface area contributed by atoms with E-state index in [-0.39, 0.29) is 24.1 Å². The van der Waals surface area contributed by atoms with Crippen molar-refractivity contribution in [2.75, 3.05) is 50.9 Å². The summed E-state index contributed by atoms with van der Waals surface area (Å²) in [6, 6.07) is 7.37. The molecule has 2 aromatic heterocycles. The van der Waals surface area contributed by atoms with Crippen molar-refractivity contribution >= 4 is 45.0 Å². The number of carbonyl (C=O) groups excluding carboxylic acids is 1. The van der Waals surface area contributed by atoms with Crippen molar-refractivity contribution < 1.29 is 18.8 Å². The van der Waals surface area contributed by atoms with Crippen molar-refractivity contribution in [1.29, 1.82) is 0 Å². The number of benzene rings is 1. The highest BCUT2D eigenvalue weighted by molar-refractivity contribution is 7.22. The van der Waals surface area contributed by atoms with Crippen molar-refractivity contribution in [2.24, 2.45) is 0 Å². The van der Waals surface area contributed by atoms with Crippen LogP contribution in [0.2, 0.25) is 0 Å². The highest BCUT2D eigenvalue weighted by Crippen LogP contribution is 2.32. The normalized spacial score (nSPS) is 14.4. The average molecular weight is 453 g/mol. The molecule has 30 heavy (non-hydrogen) atoms. The van der Waals surface area contributed by atoms with Gasteiger partial charge in [0.1, 0.15) is 5.75 Å². The monoisotopic (exact) mass is 452 g/mol. The highest BCUT2D eigenvalue weighted by atomic mass is 35.5. The molecule has 1 saturated heterocycles. The molecular formula is C20H25ClN4O4S. The van der Waals surface area contributed by atoms with Gasteiger partial charge in [-0.2, -0.15) is 0 Å². The number of ether oxygens (including phenoxy) is 2. The predicted octanol–water partition coefficient (Wildman–Crippen LogP) is 3.47. The summed E-state index contributed by atoms with van der Waals surface area (Å²) in [4.78, 5) is 21.8. The molecule has 3 aromatic rings. The molecule has 1 aliphatic heterocycles. The van der Waals surface area contributed by atoms with Crippen molar-refractivity contribution in [1.82, 2.24) is 15.0 Å². The molecule has 1 aromatic carbocycles. The van der Waals surface area contributed by atoms with Crippen LogP contribution in [0.25, 0.3) is 10.2 Å². The minimum atomic E-state index is -0.228. The second kappa shape index (κ2) is 10.7. The van der Waals surface area contributed by atoms with Crippen molar-refractivity contribution in [3.63, 3.8) is 0 Å². The van der Waals surface area contributed by atoms with Gasteiger partial charge in [-0.3, -0.25) is 14.6 Å². The average Bonchev–Trinajstić information content (AvgIpc) is 3.41. The fraction of sp³-hybridized carbons (Fsp3) is 0.450. The minimum absolute atomic E-state index is 0. The number of rotatable bonds is 8. The number of carbonyl (C=O) groups is 1. The first-order valence-electron chi connectivity index (χ1n) is 9.80. The number of morpholine rings is 1. The summed E-state index contributed by atoms with van der Waals surface area (Å²) >= 11 is 1.48. The molecule has 0 radical (unpaired) electrons. The van der Waals surface area contributed by atoms with E-state index in [4.69, 9.17) is 14.0 Å². The molecule has 0 aliphatic carbocycles. The highest BCUT2D eigenvalue weighted by Gasteiger charge is 2.24. The number of halogens is 1. The summed E-state index contributed by atoms with van der Waals surface area (Å²) < 4.78 is 17.1. The van der Waals surface area contributed by atoms with E-state index in [1.165, 1.54) is 17.5 Å². The van der Waals surface area contributed by atoms with E-state index in [1.807, 2.05) is 25.1 Å². The van der Waals surface area contributed by atoms with Crippen LogP contribution in [0.4, 0.5) is 5.13 Å². The van der Waals surface area contributed by atoms with Gasteiger partial charge >= 0.3 is 0 Å². The zero-order chi connectivity index (χ0) is 20.1. The Morgan fingerprint density at radius 3 is 2.87 bits per heavy atom. The number of anilines is 1. The van der Waals surface area contributed by atoms with Crippen LogP contribution in [0.1, 0.15) is 23.9 Å². The topological polar surface area (TPSA) is 80.9 Å². The molecule has 0 N–H and O–H groups in total. The maximum absolute atomic E-state index is 13.0. The first-order chi connectivity index (χ1) is 14.2. The molecule has 1 aliphatic rings. The van der Waals surface area contributed by atoms with E-state index in [0.717, 1.165) is 55.2 Å². The van der Waals surface area contributed by atoms with E-state index in [1.54, 1.807) is 11.0 Å². The third-order valence-electron chi connectivity index (χ3n) is 4.74. The minimum Gasteiger partial charge on any atom is -0.494 e. The van der Waals surface area contributed by atoms with Gasteiger partial charge in [-0.1, -0.05) is 16.5 Å². The molecule has 8 nitrogen and oxygen atoms in total. The Bertz CT molecular complexity index is 944. The lowest BCUT2D eigenvalue weighted by Crippen LogP contribution is -2.39. The second-order valence-corrected chi connectivity index (χ2v) is 7.71. The van der Waals surface area contributed by atoms with Crippen LogP contribution in [0, 0.1) is 0 Å². The summed E-state index contributed by atoms with van der Waals surface area (Å²) in [5.74, 6) is 0.787. The number of nitrogens with zero attached hydrogens (tertiary/aromatic N) is 4. The molecule has 0 unspecified atom stereocenters. The van der Waals surface area contributed by atoms with E-state index in [2.05, 4.69) is 15.0 Å². The molecule has 0 spiro atoms. The molecule has 4 rings (SSSR count). The molecule has 162 valence electrons. The van der Waals surface area contributed by atoms with E-state index >= 15 is 0 Å². The quantitative estimate of drug-likeness (QED) is 0.517. The predicted molar refractivity (Wildman–Crippen MR) is 118 cm³/mol. The van der Waals surface area contributed by atoms with Crippen LogP contribution >= 0.6 is 23.7 Å². The number of hydrogen-bond donors (Lipinski definition) is 0. The number of fused-ring (bicyclic) bond motifs is 1. The smallest absolute Gasteiger partial charge is 0.298 e. The van der Waals surface area contributed by atoms with Gasteiger partial charge in [-0.15, -0.1) is 12.4 Å². The van der Waals surface area contributed by atoms with Crippen LogP contribution in [0.3, 0.4) is 0 Å². The Morgan fingerprint density at radius 1 is 1.30 bits per heavy atom. The van der Waals surface area contributed by atoms with Gasteiger partial charge in [0, 0.05) is 32.2 Å². The molecule has 1 amide bonds. The van der Waals surface area contributed by atoms with Crippen molar-refractivity contribution in [2.45, 2.75) is 13.3 Å². The molecular weight excluding hydrogens is 428 g/mol. The summed E-state index contributed by atoms with van der Waals surface area (Å²) in [6.45, 7) is 7.40. The van der Waals surface area contributed by atoms with Crippen LogP contribution in [0.15, 0.2) is 35.0 Å². The van der Waals surface area contributed by atoms with Crippen LogP contribution < -0.4 is 9.64 Å². The zero-order valence-corrected chi connectivity index (χ0v) is 18.4. The van der Waals surface area contributed by atoms with Gasteiger partial charge in [0.25, 0.3) is 5.91 Å². The van der Waals surface area contributed by atoms with Crippen LogP contribution in [-0.2, 0) is 4.74 Å². The third-order valence-corrected chi connectivity index (χ3v) is 5.79. The fourth-order valence-corrected chi connectivity index (χ4v) is 4.30. The largest absolute Gasteiger partial charge is 0.494 e. The number of aromatic nitrogens is 2. The Morgan fingerprint density at radius 2 is 2.13 bits per heavy atom. The van der Waals surface area contributed by atoms with Crippen LogP contribution in [-0.4, -0.2) is 66.9 Å².